The molecular weight excluding hydrogens is 511 g/mol. The van der Waals surface area contributed by atoms with Gasteiger partial charge in [0.2, 0.25) is 5.91 Å². The molecular formula is C31H39FN4O2S. The lowest BCUT2D eigenvalue weighted by molar-refractivity contribution is -0.126. The minimum atomic E-state index is -0.644. The predicted molar refractivity (Wildman–Crippen MR) is 158 cm³/mol. The number of amides is 2. The highest BCUT2D eigenvalue weighted by Crippen LogP contribution is 2.40. The van der Waals surface area contributed by atoms with Crippen LogP contribution in [0.15, 0.2) is 58.5 Å². The molecule has 1 heterocycles. The fraction of sp³-hybridized carbons (Fsp3) is 0.484. The number of amidine groups is 1. The number of thioether (sulfide) groups is 1. The molecule has 0 saturated heterocycles. The maximum absolute atomic E-state index is 15.3. The average molecular weight is 551 g/mol. The van der Waals surface area contributed by atoms with Crippen molar-refractivity contribution in [1.82, 2.24) is 10.6 Å². The van der Waals surface area contributed by atoms with Crippen molar-refractivity contribution in [3.05, 3.63) is 71.0 Å². The number of hydrogen-bond acceptors (Lipinski definition) is 5. The van der Waals surface area contributed by atoms with Gasteiger partial charge in [0.05, 0.1) is 17.6 Å². The minimum Gasteiger partial charge on any atom is -0.348 e. The van der Waals surface area contributed by atoms with Crippen molar-refractivity contribution in [3.8, 4) is 0 Å². The zero-order chi connectivity index (χ0) is 28.2. The molecule has 0 bridgehead atoms. The zero-order valence-corrected chi connectivity index (χ0v) is 24.3. The predicted octanol–water partition coefficient (Wildman–Crippen LogP) is 5.80. The largest absolute Gasteiger partial charge is 0.348 e. The van der Waals surface area contributed by atoms with Gasteiger partial charge in [-0.15, -0.1) is 0 Å². The summed E-state index contributed by atoms with van der Waals surface area (Å²) in [5.41, 5.74) is 0.766. The van der Waals surface area contributed by atoms with Crippen LogP contribution in [0.2, 0.25) is 0 Å². The second-order valence-electron chi connectivity index (χ2n) is 11.8. The van der Waals surface area contributed by atoms with Gasteiger partial charge in [0.1, 0.15) is 11.5 Å². The first kappa shape index (κ1) is 29.0. The summed E-state index contributed by atoms with van der Waals surface area (Å²) in [5, 5.41) is 6.39. The highest BCUT2D eigenvalue weighted by molar-refractivity contribution is 7.99. The Morgan fingerprint density at radius 1 is 1.08 bits per heavy atom. The van der Waals surface area contributed by atoms with Crippen LogP contribution in [-0.2, 0) is 11.3 Å². The smallest absolute Gasteiger partial charge is 0.254 e. The molecule has 2 aromatic rings. The molecule has 0 aromatic heterocycles. The molecule has 1 aliphatic heterocycles. The van der Waals surface area contributed by atoms with Crippen LogP contribution in [0.25, 0.3) is 0 Å². The molecule has 2 amide bonds. The summed E-state index contributed by atoms with van der Waals surface area (Å²) >= 11 is 1.92. The minimum absolute atomic E-state index is 0.0403. The lowest BCUT2D eigenvalue weighted by atomic mass is 9.75. The molecule has 2 N–H and O–H groups in total. The number of benzene rings is 2. The van der Waals surface area contributed by atoms with Crippen LogP contribution >= 0.6 is 11.8 Å². The number of rotatable bonds is 6. The van der Waals surface area contributed by atoms with E-state index in [1.165, 1.54) is 12.1 Å². The fourth-order valence-electron chi connectivity index (χ4n) is 5.11. The van der Waals surface area contributed by atoms with Crippen LogP contribution in [0.4, 0.5) is 4.39 Å². The summed E-state index contributed by atoms with van der Waals surface area (Å²) in [7, 11) is 0. The molecule has 6 nitrogen and oxygen atoms in total. The van der Waals surface area contributed by atoms with Crippen LogP contribution in [0.1, 0.15) is 74.9 Å². The first-order valence-corrected chi connectivity index (χ1v) is 14.9. The molecule has 1 fully saturated rings. The van der Waals surface area contributed by atoms with Gasteiger partial charge >= 0.3 is 0 Å². The third-order valence-corrected chi connectivity index (χ3v) is 8.87. The molecule has 1 saturated carbocycles. The number of nitrogens with zero attached hydrogens (tertiary/aromatic N) is 2. The molecule has 1 aliphatic carbocycles. The summed E-state index contributed by atoms with van der Waals surface area (Å²) in [6, 6.07) is 14.0. The van der Waals surface area contributed by atoms with E-state index >= 15 is 4.39 Å². The van der Waals surface area contributed by atoms with E-state index in [0.717, 1.165) is 31.2 Å². The standard InChI is InChI=1S/C31H39FN4O2S/c1-30(2,3)29(38)35-27-26(36-31(4,19-34-27)22-12-14-23(39-5)15-13-22)21-11-16-24(25(32)17-21)28(37)33-18-20-9-7-6-8-10-20/h6-11,16-17,22-23H,12-15,18-19H2,1-5H3,(H,33,37)(H,34,35,38)/t22-,23+,31?. The average Bonchev–Trinajstić information content (AvgIpc) is 2.92. The number of halogens is 1. The first-order chi connectivity index (χ1) is 18.5. The van der Waals surface area contributed by atoms with E-state index in [1.54, 1.807) is 6.07 Å². The molecule has 0 spiro atoms. The summed E-state index contributed by atoms with van der Waals surface area (Å²) in [4.78, 5) is 35.6. The van der Waals surface area contributed by atoms with Crippen molar-refractivity contribution < 1.29 is 14.0 Å². The quantitative estimate of drug-likeness (QED) is 0.477. The summed E-state index contributed by atoms with van der Waals surface area (Å²) in [5.74, 6) is -0.609. The van der Waals surface area contributed by atoms with Crippen molar-refractivity contribution >= 4 is 35.1 Å². The van der Waals surface area contributed by atoms with Crippen LogP contribution in [0.5, 0.6) is 0 Å². The number of aliphatic imine (C=N–C) groups is 2. The molecule has 1 atom stereocenters. The lowest BCUT2D eigenvalue weighted by Gasteiger charge is -2.40. The van der Waals surface area contributed by atoms with E-state index in [-0.39, 0.29) is 11.5 Å². The molecule has 2 aliphatic rings. The van der Waals surface area contributed by atoms with E-state index in [2.05, 4.69) is 23.8 Å². The maximum Gasteiger partial charge on any atom is 0.254 e. The second kappa shape index (κ2) is 12.0. The fourth-order valence-corrected chi connectivity index (χ4v) is 5.86. The van der Waals surface area contributed by atoms with Crippen molar-refractivity contribution in [2.45, 2.75) is 70.7 Å². The van der Waals surface area contributed by atoms with Gasteiger partial charge < -0.3 is 10.6 Å². The number of carbonyl (C=O) groups excluding carboxylic acids is 2. The topological polar surface area (TPSA) is 82.9 Å². The van der Waals surface area contributed by atoms with Gasteiger partial charge in [-0.2, -0.15) is 11.8 Å². The van der Waals surface area contributed by atoms with Crippen LogP contribution in [0, 0.1) is 17.2 Å². The van der Waals surface area contributed by atoms with Gasteiger partial charge in [-0.1, -0.05) is 57.2 Å². The highest BCUT2D eigenvalue weighted by atomic mass is 32.2. The molecule has 208 valence electrons. The van der Waals surface area contributed by atoms with Gasteiger partial charge in [-0.05, 0) is 62.5 Å². The monoisotopic (exact) mass is 550 g/mol. The first-order valence-electron chi connectivity index (χ1n) is 13.6. The van der Waals surface area contributed by atoms with Crippen molar-refractivity contribution in [1.29, 1.82) is 0 Å². The third kappa shape index (κ3) is 6.96. The Balaban J connectivity index is 1.61. The normalized spacial score (nSPS) is 23.4. The van der Waals surface area contributed by atoms with Gasteiger partial charge in [0, 0.05) is 22.8 Å². The highest BCUT2D eigenvalue weighted by Gasteiger charge is 2.40. The summed E-state index contributed by atoms with van der Waals surface area (Å²) < 4.78 is 15.3. The van der Waals surface area contributed by atoms with E-state index in [9.17, 15) is 9.59 Å². The van der Waals surface area contributed by atoms with Gasteiger partial charge in [0.25, 0.3) is 5.91 Å². The van der Waals surface area contributed by atoms with Crippen molar-refractivity contribution in [3.63, 3.8) is 0 Å². The Bertz CT molecular complexity index is 1260. The molecule has 1 unspecified atom stereocenters. The molecule has 0 radical (unpaired) electrons. The zero-order valence-electron chi connectivity index (χ0n) is 23.5. The van der Waals surface area contributed by atoms with Crippen molar-refractivity contribution in [2.75, 3.05) is 12.8 Å². The van der Waals surface area contributed by atoms with Gasteiger partial charge in [-0.25, -0.2) is 4.39 Å². The van der Waals surface area contributed by atoms with Crippen LogP contribution in [-0.4, -0.2) is 47.0 Å². The Kier molecular flexibility index (Phi) is 8.94. The Morgan fingerprint density at radius 2 is 1.77 bits per heavy atom. The Labute approximate surface area is 235 Å². The SMILES string of the molecule is CS[C@H]1CC[C@@H](C2(C)CN=C(NC(=O)C(C)(C)C)C(c3ccc(C(=O)NCc4ccccc4)c(F)c3)=N2)CC1. The van der Waals surface area contributed by atoms with Gasteiger partial charge in [-0.3, -0.25) is 19.6 Å². The van der Waals surface area contributed by atoms with Crippen LogP contribution < -0.4 is 10.6 Å². The third-order valence-electron chi connectivity index (χ3n) is 7.73. The van der Waals surface area contributed by atoms with E-state index in [1.807, 2.05) is 62.9 Å². The molecule has 8 heteroatoms. The molecule has 2 aromatic carbocycles. The number of carbonyl (C=O) groups is 2. The van der Waals surface area contributed by atoms with E-state index in [4.69, 9.17) is 9.98 Å². The van der Waals surface area contributed by atoms with Crippen molar-refractivity contribution in [2.24, 2.45) is 21.3 Å². The Hall–Kier alpha value is -3.00. The van der Waals surface area contributed by atoms with E-state index < -0.39 is 22.7 Å². The second-order valence-corrected chi connectivity index (χ2v) is 12.9. The summed E-state index contributed by atoms with van der Waals surface area (Å²) in [6.45, 7) is 8.39. The van der Waals surface area contributed by atoms with Crippen LogP contribution in [0.3, 0.4) is 0 Å². The molecule has 39 heavy (non-hydrogen) atoms. The van der Waals surface area contributed by atoms with Gasteiger partial charge in [0.15, 0.2) is 5.84 Å². The van der Waals surface area contributed by atoms with E-state index in [0.29, 0.717) is 41.4 Å². The molecule has 4 rings (SSSR count). The Morgan fingerprint density at radius 3 is 2.38 bits per heavy atom. The summed E-state index contributed by atoms with van der Waals surface area (Å²) in [6.07, 6.45) is 6.58. The maximum atomic E-state index is 15.3. The lowest BCUT2D eigenvalue weighted by Crippen LogP contribution is -2.49. The number of hydrogen-bond donors (Lipinski definition) is 2. The number of nitrogens with one attached hydrogen (secondary N) is 2.